The third-order valence-corrected chi connectivity index (χ3v) is 3.95. The predicted molar refractivity (Wildman–Crippen MR) is 90.8 cm³/mol. The van der Waals surface area contributed by atoms with Gasteiger partial charge in [-0.1, -0.05) is 32.0 Å². The van der Waals surface area contributed by atoms with E-state index in [-0.39, 0.29) is 16.4 Å². The highest BCUT2D eigenvalue weighted by molar-refractivity contribution is 5.95. The molecule has 1 heterocycles. The van der Waals surface area contributed by atoms with Gasteiger partial charge in [0, 0.05) is 17.0 Å². The standard InChI is InChI=1S/C16H22N4O4/c1-4-11(15(10(2)3)20(23)24)14(19-22)8-7-13-12(16(17)21)6-5-9-18-13/h5-11,14-15H,4H2,1-3H3,(H2,17,21). The van der Waals surface area contributed by atoms with Gasteiger partial charge in [0.15, 0.2) is 0 Å². The molecule has 0 aliphatic rings. The number of amides is 1. The zero-order valence-corrected chi connectivity index (χ0v) is 14.0. The van der Waals surface area contributed by atoms with E-state index < -0.39 is 23.9 Å². The minimum Gasteiger partial charge on any atom is -0.366 e. The number of nitroso groups, excluding NO2 is 1. The van der Waals surface area contributed by atoms with E-state index in [1.54, 1.807) is 26.8 Å². The molecule has 3 unspecified atom stereocenters. The fraction of sp³-hybridized carbons (Fsp3) is 0.500. The van der Waals surface area contributed by atoms with Crippen molar-refractivity contribution in [3.63, 3.8) is 0 Å². The molecule has 1 amide bonds. The lowest BCUT2D eigenvalue weighted by Gasteiger charge is -2.24. The van der Waals surface area contributed by atoms with Gasteiger partial charge in [-0.15, -0.1) is 0 Å². The van der Waals surface area contributed by atoms with Crippen LogP contribution in [-0.4, -0.2) is 27.9 Å². The number of carbonyl (C=O) groups is 1. The van der Waals surface area contributed by atoms with Gasteiger partial charge < -0.3 is 5.73 Å². The molecule has 1 aromatic heterocycles. The maximum absolute atomic E-state index is 11.4. The number of hydrogen-bond donors (Lipinski definition) is 1. The van der Waals surface area contributed by atoms with E-state index in [0.717, 1.165) is 0 Å². The quantitative estimate of drug-likeness (QED) is 0.421. The second kappa shape index (κ2) is 8.85. The van der Waals surface area contributed by atoms with Crippen LogP contribution < -0.4 is 5.73 Å². The molecule has 24 heavy (non-hydrogen) atoms. The Morgan fingerprint density at radius 3 is 2.62 bits per heavy atom. The van der Waals surface area contributed by atoms with Crippen molar-refractivity contribution >= 4 is 12.0 Å². The molecule has 130 valence electrons. The van der Waals surface area contributed by atoms with Gasteiger partial charge in [-0.3, -0.25) is 19.9 Å². The lowest BCUT2D eigenvalue weighted by atomic mass is 9.83. The van der Waals surface area contributed by atoms with Crippen molar-refractivity contribution in [2.24, 2.45) is 22.7 Å². The van der Waals surface area contributed by atoms with Crippen LogP contribution in [0.2, 0.25) is 0 Å². The van der Waals surface area contributed by atoms with Gasteiger partial charge in [0.2, 0.25) is 6.04 Å². The highest BCUT2D eigenvalue weighted by Crippen LogP contribution is 2.26. The van der Waals surface area contributed by atoms with E-state index in [9.17, 15) is 19.8 Å². The molecule has 2 N–H and O–H groups in total. The average molecular weight is 334 g/mol. The summed E-state index contributed by atoms with van der Waals surface area (Å²) in [4.78, 5) is 37.7. The van der Waals surface area contributed by atoms with Crippen LogP contribution in [0.4, 0.5) is 0 Å². The van der Waals surface area contributed by atoms with E-state index in [2.05, 4.69) is 10.2 Å². The summed E-state index contributed by atoms with van der Waals surface area (Å²) < 4.78 is 0. The summed E-state index contributed by atoms with van der Waals surface area (Å²) in [6.45, 7) is 5.27. The first-order valence-corrected chi connectivity index (χ1v) is 7.72. The van der Waals surface area contributed by atoms with Crippen LogP contribution in [0, 0.1) is 26.9 Å². The molecule has 3 atom stereocenters. The Labute approximate surface area is 140 Å². The molecule has 0 aromatic carbocycles. The van der Waals surface area contributed by atoms with Gasteiger partial charge >= 0.3 is 0 Å². The van der Waals surface area contributed by atoms with Crippen molar-refractivity contribution in [2.75, 3.05) is 0 Å². The lowest BCUT2D eigenvalue weighted by molar-refractivity contribution is -0.541. The molecule has 0 saturated carbocycles. The number of nitro groups is 1. The Hall–Kier alpha value is -2.64. The first-order chi connectivity index (χ1) is 11.3. The first-order valence-electron chi connectivity index (χ1n) is 7.72. The maximum atomic E-state index is 11.4. The second-order valence-electron chi connectivity index (χ2n) is 5.85. The zero-order valence-electron chi connectivity index (χ0n) is 14.0. The molecule has 0 aliphatic carbocycles. The number of primary amides is 1. The SMILES string of the molecule is CCC(C(C=Cc1ncccc1C(N)=O)N=O)C(C(C)C)[N+](=O)[O-]. The molecule has 0 bridgehead atoms. The van der Waals surface area contributed by atoms with Crippen LogP contribution in [-0.2, 0) is 0 Å². The molecule has 1 rings (SSSR count). The number of carbonyl (C=O) groups excluding carboxylic acids is 1. The van der Waals surface area contributed by atoms with Crippen molar-refractivity contribution in [3.8, 4) is 0 Å². The fourth-order valence-corrected chi connectivity index (χ4v) is 2.78. The normalized spacial score (nSPS) is 15.2. The molecule has 0 fully saturated rings. The number of pyridine rings is 1. The van der Waals surface area contributed by atoms with Crippen LogP contribution in [0.15, 0.2) is 29.6 Å². The second-order valence-corrected chi connectivity index (χ2v) is 5.85. The highest BCUT2D eigenvalue weighted by atomic mass is 16.6. The summed E-state index contributed by atoms with van der Waals surface area (Å²) in [7, 11) is 0. The Morgan fingerprint density at radius 2 is 2.17 bits per heavy atom. The molecule has 1 aromatic rings. The van der Waals surface area contributed by atoms with Crippen LogP contribution in [0.5, 0.6) is 0 Å². The van der Waals surface area contributed by atoms with Gasteiger partial charge in [-0.05, 0) is 24.6 Å². The number of nitrogens with zero attached hydrogens (tertiary/aromatic N) is 3. The van der Waals surface area contributed by atoms with E-state index >= 15 is 0 Å². The van der Waals surface area contributed by atoms with E-state index in [4.69, 9.17) is 5.73 Å². The van der Waals surface area contributed by atoms with Crippen molar-refractivity contribution in [1.82, 2.24) is 4.98 Å². The average Bonchev–Trinajstić information content (AvgIpc) is 2.53. The van der Waals surface area contributed by atoms with Crippen molar-refractivity contribution < 1.29 is 9.72 Å². The minimum atomic E-state index is -0.893. The summed E-state index contributed by atoms with van der Waals surface area (Å²) in [5.41, 5.74) is 5.79. The Balaban J connectivity index is 3.15. The lowest BCUT2D eigenvalue weighted by Crippen LogP contribution is -2.39. The third-order valence-electron chi connectivity index (χ3n) is 3.95. The van der Waals surface area contributed by atoms with E-state index in [1.165, 1.54) is 24.4 Å². The van der Waals surface area contributed by atoms with Crippen LogP contribution in [0.3, 0.4) is 0 Å². The van der Waals surface area contributed by atoms with Crippen LogP contribution in [0.1, 0.15) is 43.2 Å². The highest BCUT2D eigenvalue weighted by Gasteiger charge is 2.38. The molecular formula is C16H22N4O4. The van der Waals surface area contributed by atoms with Crippen molar-refractivity contribution in [2.45, 2.75) is 39.3 Å². The smallest absolute Gasteiger partial charge is 0.250 e. The third kappa shape index (κ3) is 4.68. The van der Waals surface area contributed by atoms with Gasteiger partial charge in [-0.2, -0.15) is 4.91 Å². The monoisotopic (exact) mass is 334 g/mol. The zero-order chi connectivity index (χ0) is 18.3. The molecule has 0 spiro atoms. The molecule has 0 saturated heterocycles. The Kier molecular flexibility index (Phi) is 7.16. The predicted octanol–water partition coefficient (Wildman–Crippen LogP) is 2.66. The summed E-state index contributed by atoms with van der Waals surface area (Å²) in [6.07, 6.45) is 4.83. The molecule has 8 heteroatoms. The summed E-state index contributed by atoms with van der Waals surface area (Å²) in [5, 5.41) is 14.4. The first kappa shape index (κ1) is 19.4. The van der Waals surface area contributed by atoms with E-state index in [0.29, 0.717) is 12.1 Å². The van der Waals surface area contributed by atoms with Crippen LogP contribution >= 0.6 is 0 Å². The van der Waals surface area contributed by atoms with Gasteiger partial charge in [0.05, 0.1) is 17.2 Å². The Bertz CT molecular complexity index is 630. The number of nitrogens with two attached hydrogens (primary N) is 1. The largest absolute Gasteiger partial charge is 0.366 e. The number of aromatic nitrogens is 1. The van der Waals surface area contributed by atoms with Crippen molar-refractivity contribution in [3.05, 3.63) is 50.7 Å². The van der Waals surface area contributed by atoms with Crippen LogP contribution in [0.25, 0.3) is 6.08 Å². The maximum Gasteiger partial charge on any atom is 0.250 e. The summed E-state index contributed by atoms with van der Waals surface area (Å²) >= 11 is 0. The van der Waals surface area contributed by atoms with Gasteiger partial charge in [0.1, 0.15) is 6.04 Å². The molecule has 0 radical (unpaired) electrons. The summed E-state index contributed by atoms with van der Waals surface area (Å²) in [5.74, 6) is -1.43. The molecule has 8 nitrogen and oxygen atoms in total. The van der Waals surface area contributed by atoms with Crippen molar-refractivity contribution in [1.29, 1.82) is 0 Å². The fourth-order valence-electron chi connectivity index (χ4n) is 2.78. The topological polar surface area (TPSA) is 129 Å². The van der Waals surface area contributed by atoms with Gasteiger partial charge in [-0.25, -0.2) is 0 Å². The van der Waals surface area contributed by atoms with E-state index in [1.807, 2.05) is 0 Å². The molecular weight excluding hydrogens is 312 g/mol. The Morgan fingerprint density at radius 1 is 1.50 bits per heavy atom. The summed E-state index contributed by atoms with van der Waals surface area (Å²) in [6, 6.07) is 1.31. The molecule has 0 aliphatic heterocycles. The van der Waals surface area contributed by atoms with Gasteiger partial charge in [0.25, 0.3) is 5.91 Å². The minimum absolute atomic E-state index is 0.209. The number of rotatable bonds is 9. The number of hydrogen-bond acceptors (Lipinski definition) is 6.